The fourth-order valence-electron chi connectivity index (χ4n) is 3.78. The number of thioether (sulfide) groups is 1. The van der Waals surface area contributed by atoms with Crippen LogP contribution in [0, 0.1) is 0 Å². The van der Waals surface area contributed by atoms with Crippen molar-refractivity contribution in [3.8, 4) is 0 Å². The summed E-state index contributed by atoms with van der Waals surface area (Å²) in [5, 5.41) is 3.18. The third-order valence-electron chi connectivity index (χ3n) is 5.55. The zero-order chi connectivity index (χ0) is 23.7. The molecule has 7 nitrogen and oxygen atoms in total. The highest BCUT2D eigenvalue weighted by Crippen LogP contribution is 2.38. The Labute approximate surface area is 205 Å². The number of fused-ring (bicyclic) bond motifs is 1. The van der Waals surface area contributed by atoms with Crippen LogP contribution < -0.4 is 10.9 Å². The Balaban J connectivity index is 1.54. The summed E-state index contributed by atoms with van der Waals surface area (Å²) in [6.45, 7) is 2.28. The molecule has 1 N–H and O–H groups in total. The average molecular weight is 489 g/mol. The molecule has 1 aromatic carbocycles. The number of amides is 1. The molecule has 5 rings (SSSR count). The number of carbonyl (C=O) groups excluding carboxylic acids is 1. The number of aromatic nitrogens is 2. The number of nitrogens with zero attached hydrogens (tertiary/aromatic N) is 3. The van der Waals surface area contributed by atoms with E-state index in [0.29, 0.717) is 33.0 Å². The van der Waals surface area contributed by atoms with Crippen LogP contribution in [0.1, 0.15) is 29.9 Å². The maximum absolute atomic E-state index is 13.4. The second-order valence-corrected chi connectivity index (χ2v) is 9.36. The molecule has 1 saturated heterocycles. The molecule has 0 saturated carbocycles. The van der Waals surface area contributed by atoms with Crippen LogP contribution in [-0.2, 0) is 11.3 Å². The molecule has 0 radical (unpaired) electrons. The van der Waals surface area contributed by atoms with Gasteiger partial charge in [0.1, 0.15) is 21.5 Å². The fraction of sp³-hybridized carbons (Fsp3) is 0.120. The van der Waals surface area contributed by atoms with Gasteiger partial charge in [0.05, 0.1) is 29.3 Å². The lowest BCUT2D eigenvalue weighted by Crippen LogP contribution is -2.31. The van der Waals surface area contributed by atoms with Gasteiger partial charge in [-0.3, -0.25) is 18.9 Å². The number of anilines is 1. The second kappa shape index (κ2) is 9.28. The van der Waals surface area contributed by atoms with Crippen molar-refractivity contribution < 1.29 is 9.21 Å². The minimum Gasteiger partial charge on any atom is -0.467 e. The number of pyridine rings is 1. The Kier molecular flexibility index (Phi) is 6.04. The summed E-state index contributed by atoms with van der Waals surface area (Å²) in [7, 11) is 0. The van der Waals surface area contributed by atoms with Crippen LogP contribution in [0.5, 0.6) is 0 Å². The largest absolute Gasteiger partial charge is 0.467 e. The SMILES string of the molecule is CC(c1ccccc1)N1C(=O)C(=Cc2c(NCc3ccco3)nc3ccccn3c2=O)SC1=S. The third-order valence-corrected chi connectivity index (χ3v) is 6.88. The molecule has 1 fully saturated rings. The van der Waals surface area contributed by atoms with E-state index in [0.717, 1.165) is 5.56 Å². The number of rotatable bonds is 6. The molecule has 1 atom stereocenters. The Morgan fingerprint density at radius 3 is 2.68 bits per heavy atom. The summed E-state index contributed by atoms with van der Waals surface area (Å²) in [5.74, 6) is 0.832. The molecule has 34 heavy (non-hydrogen) atoms. The molecule has 0 aliphatic carbocycles. The van der Waals surface area contributed by atoms with E-state index in [1.54, 1.807) is 41.6 Å². The highest BCUT2D eigenvalue weighted by atomic mass is 32.2. The standard InChI is InChI=1S/C25H20N4O3S2/c1-16(17-8-3-2-4-9-17)29-24(31)20(34-25(29)33)14-19-22(26-15-18-10-7-13-32-18)27-21-11-5-6-12-28(21)23(19)30/h2-14,16,26H,15H2,1H3. The monoisotopic (exact) mass is 488 g/mol. The van der Waals surface area contributed by atoms with Gasteiger partial charge in [0.15, 0.2) is 0 Å². The van der Waals surface area contributed by atoms with Crippen LogP contribution >= 0.6 is 24.0 Å². The molecule has 1 amide bonds. The molecule has 4 heterocycles. The number of benzene rings is 1. The zero-order valence-electron chi connectivity index (χ0n) is 18.2. The topological polar surface area (TPSA) is 79.8 Å². The first-order valence-electron chi connectivity index (χ1n) is 10.6. The molecule has 1 aliphatic rings. The first-order chi connectivity index (χ1) is 16.5. The second-order valence-electron chi connectivity index (χ2n) is 7.68. The van der Waals surface area contributed by atoms with Gasteiger partial charge in [0, 0.05) is 6.20 Å². The van der Waals surface area contributed by atoms with Gasteiger partial charge in [-0.15, -0.1) is 0 Å². The predicted octanol–water partition coefficient (Wildman–Crippen LogP) is 4.86. The number of hydrogen-bond acceptors (Lipinski definition) is 7. The molecule has 3 aromatic heterocycles. The molecule has 4 aromatic rings. The van der Waals surface area contributed by atoms with Crippen LogP contribution in [0.15, 0.2) is 87.2 Å². The lowest BCUT2D eigenvalue weighted by molar-refractivity contribution is -0.123. The van der Waals surface area contributed by atoms with Crippen molar-refractivity contribution in [1.29, 1.82) is 0 Å². The minimum atomic E-state index is -0.283. The highest BCUT2D eigenvalue weighted by Gasteiger charge is 2.36. The Hall–Kier alpha value is -3.69. The summed E-state index contributed by atoms with van der Waals surface area (Å²) in [5.41, 5.74) is 1.47. The van der Waals surface area contributed by atoms with Crippen molar-refractivity contribution in [1.82, 2.24) is 14.3 Å². The van der Waals surface area contributed by atoms with Crippen molar-refractivity contribution in [2.75, 3.05) is 5.32 Å². The van der Waals surface area contributed by atoms with Gasteiger partial charge < -0.3 is 9.73 Å². The summed E-state index contributed by atoms with van der Waals surface area (Å²) < 4.78 is 7.29. The first kappa shape index (κ1) is 22.1. The van der Waals surface area contributed by atoms with E-state index in [-0.39, 0.29) is 23.1 Å². The fourth-order valence-corrected chi connectivity index (χ4v) is 5.18. The van der Waals surface area contributed by atoms with Gasteiger partial charge in [-0.05, 0) is 42.8 Å². The molecular weight excluding hydrogens is 468 g/mol. The maximum atomic E-state index is 13.4. The van der Waals surface area contributed by atoms with Crippen molar-refractivity contribution in [2.45, 2.75) is 19.5 Å². The van der Waals surface area contributed by atoms with Crippen molar-refractivity contribution in [2.24, 2.45) is 0 Å². The summed E-state index contributed by atoms with van der Waals surface area (Å²) in [4.78, 5) is 33.3. The maximum Gasteiger partial charge on any atom is 0.267 e. The van der Waals surface area contributed by atoms with Crippen LogP contribution in [0.2, 0.25) is 0 Å². The van der Waals surface area contributed by atoms with E-state index < -0.39 is 0 Å². The van der Waals surface area contributed by atoms with Gasteiger partial charge in [-0.1, -0.05) is 60.4 Å². The van der Waals surface area contributed by atoms with E-state index >= 15 is 0 Å². The van der Waals surface area contributed by atoms with Gasteiger partial charge in [-0.25, -0.2) is 4.98 Å². The van der Waals surface area contributed by atoms with Crippen molar-refractivity contribution in [3.63, 3.8) is 0 Å². The molecule has 1 unspecified atom stereocenters. The van der Waals surface area contributed by atoms with Crippen molar-refractivity contribution in [3.05, 3.63) is 105 Å². The molecule has 1 aliphatic heterocycles. The van der Waals surface area contributed by atoms with E-state index in [4.69, 9.17) is 16.6 Å². The predicted molar refractivity (Wildman–Crippen MR) is 137 cm³/mol. The zero-order valence-corrected chi connectivity index (χ0v) is 19.8. The average Bonchev–Trinajstić information content (AvgIpc) is 3.47. The normalized spacial score (nSPS) is 15.9. The summed E-state index contributed by atoms with van der Waals surface area (Å²) in [6.07, 6.45) is 4.82. The van der Waals surface area contributed by atoms with Gasteiger partial charge in [-0.2, -0.15) is 0 Å². The lowest BCUT2D eigenvalue weighted by atomic mass is 10.1. The molecular formula is C25H20N4O3S2. The van der Waals surface area contributed by atoms with Gasteiger partial charge in [0.2, 0.25) is 0 Å². The van der Waals surface area contributed by atoms with Crippen molar-refractivity contribution >= 4 is 51.7 Å². The minimum absolute atomic E-state index is 0.230. The smallest absolute Gasteiger partial charge is 0.267 e. The molecule has 9 heteroatoms. The highest BCUT2D eigenvalue weighted by molar-refractivity contribution is 8.26. The Morgan fingerprint density at radius 2 is 1.91 bits per heavy atom. The van der Waals surface area contributed by atoms with Gasteiger partial charge >= 0.3 is 0 Å². The quantitative estimate of drug-likeness (QED) is 0.307. The number of hydrogen-bond donors (Lipinski definition) is 1. The number of furan rings is 1. The van der Waals surface area contributed by atoms with Crippen LogP contribution in [0.4, 0.5) is 5.82 Å². The van der Waals surface area contributed by atoms with E-state index in [1.165, 1.54) is 16.2 Å². The number of carbonyl (C=O) groups is 1. The number of nitrogens with one attached hydrogen (secondary N) is 1. The van der Waals surface area contributed by atoms with Crippen LogP contribution in [0.3, 0.4) is 0 Å². The number of thiocarbonyl (C=S) groups is 1. The first-order valence-corrected chi connectivity index (χ1v) is 11.8. The third kappa shape index (κ3) is 4.15. The molecule has 0 bridgehead atoms. The Bertz CT molecular complexity index is 1460. The van der Waals surface area contributed by atoms with Crippen LogP contribution in [0.25, 0.3) is 11.7 Å². The van der Waals surface area contributed by atoms with E-state index in [1.807, 2.05) is 49.4 Å². The molecule has 0 spiro atoms. The van der Waals surface area contributed by atoms with Crippen LogP contribution in [-0.4, -0.2) is 24.5 Å². The Morgan fingerprint density at radius 1 is 1.12 bits per heavy atom. The van der Waals surface area contributed by atoms with E-state index in [2.05, 4.69) is 10.3 Å². The summed E-state index contributed by atoms with van der Waals surface area (Å²) in [6, 6.07) is 18.4. The summed E-state index contributed by atoms with van der Waals surface area (Å²) >= 11 is 6.72. The molecule has 170 valence electrons. The van der Waals surface area contributed by atoms with Gasteiger partial charge in [0.25, 0.3) is 11.5 Å². The van der Waals surface area contributed by atoms with E-state index in [9.17, 15) is 9.59 Å². The lowest BCUT2D eigenvalue weighted by Gasteiger charge is -2.23.